The number of hydrogen-bond donors (Lipinski definition) is 0. The van der Waals surface area contributed by atoms with Gasteiger partial charge >= 0.3 is 0 Å². The highest BCUT2D eigenvalue weighted by molar-refractivity contribution is 6.30. The van der Waals surface area contributed by atoms with Gasteiger partial charge in [0.1, 0.15) is 11.6 Å². The Labute approximate surface area is 179 Å². The number of ether oxygens (including phenoxy) is 1. The number of morpholine rings is 1. The fraction of sp³-hybridized carbons (Fsp3) is 0.174. The van der Waals surface area contributed by atoms with Gasteiger partial charge < -0.3 is 9.64 Å². The third-order valence-corrected chi connectivity index (χ3v) is 5.08. The SMILES string of the molecule is N#C/C(=C\c1cn(-c2ccccc2)nc1-c1ccc(Cl)cc1)C(=O)N1CCOCC1. The number of benzene rings is 2. The van der Waals surface area contributed by atoms with Gasteiger partial charge in [-0.25, -0.2) is 4.68 Å². The van der Waals surface area contributed by atoms with Crippen LogP contribution in [0.2, 0.25) is 5.02 Å². The van der Waals surface area contributed by atoms with E-state index >= 15 is 0 Å². The Morgan fingerprint density at radius 2 is 1.80 bits per heavy atom. The molecule has 0 bridgehead atoms. The first-order chi connectivity index (χ1) is 14.7. The molecule has 0 atom stereocenters. The van der Waals surface area contributed by atoms with E-state index in [0.29, 0.717) is 42.6 Å². The molecule has 0 unspecified atom stereocenters. The third kappa shape index (κ3) is 4.28. The Morgan fingerprint density at radius 1 is 1.10 bits per heavy atom. The third-order valence-electron chi connectivity index (χ3n) is 4.83. The Kier molecular flexibility index (Phi) is 5.94. The molecule has 2 aromatic carbocycles. The minimum absolute atomic E-state index is 0.0692. The molecule has 0 N–H and O–H groups in total. The summed E-state index contributed by atoms with van der Waals surface area (Å²) < 4.78 is 7.04. The molecule has 1 aliphatic heterocycles. The van der Waals surface area contributed by atoms with Crippen LogP contribution < -0.4 is 0 Å². The second-order valence-corrected chi connectivity index (χ2v) is 7.23. The molecule has 7 heteroatoms. The van der Waals surface area contributed by atoms with Crippen molar-refractivity contribution < 1.29 is 9.53 Å². The van der Waals surface area contributed by atoms with E-state index in [9.17, 15) is 10.1 Å². The molecular formula is C23H19ClN4O2. The van der Waals surface area contributed by atoms with Crippen molar-refractivity contribution in [1.29, 1.82) is 5.26 Å². The van der Waals surface area contributed by atoms with Gasteiger partial charge in [0, 0.05) is 35.4 Å². The van der Waals surface area contributed by atoms with Gasteiger partial charge in [0.15, 0.2) is 0 Å². The summed E-state index contributed by atoms with van der Waals surface area (Å²) in [6, 6.07) is 19.0. The number of halogens is 1. The van der Waals surface area contributed by atoms with E-state index in [1.807, 2.05) is 48.7 Å². The molecule has 1 aliphatic rings. The lowest BCUT2D eigenvalue weighted by molar-refractivity contribution is -0.130. The van der Waals surface area contributed by atoms with Crippen molar-refractivity contribution in [3.8, 4) is 23.0 Å². The second kappa shape index (κ2) is 8.95. The van der Waals surface area contributed by atoms with Crippen LogP contribution in [0.1, 0.15) is 5.56 Å². The zero-order valence-corrected chi connectivity index (χ0v) is 16.9. The Hall–Kier alpha value is -3.40. The molecule has 0 aliphatic carbocycles. The van der Waals surface area contributed by atoms with E-state index in [-0.39, 0.29) is 11.5 Å². The zero-order valence-electron chi connectivity index (χ0n) is 16.2. The number of amides is 1. The number of hydrogen-bond acceptors (Lipinski definition) is 4. The quantitative estimate of drug-likeness (QED) is 0.475. The number of nitrogens with zero attached hydrogens (tertiary/aromatic N) is 4. The largest absolute Gasteiger partial charge is 0.378 e. The highest BCUT2D eigenvalue weighted by Gasteiger charge is 2.22. The smallest absolute Gasteiger partial charge is 0.264 e. The molecule has 1 amide bonds. The van der Waals surface area contributed by atoms with E-state index in [2.05, 4.69) is 6.07 Å². The Balaban J connectivity index is 1.77. The molecule has 2 heterocycles. The molecule has 1 saturated heterocycles. The normalized spacial score (nSPS) is 14.4. The predicted octanol–water partition coefficient (Wildman–Crippen LogP) is 3.96. The maximum absolute atomic E-state index is 12.8. The van der Waals surface area contributed by atoms with Gasteiger partial charge in [-0.05, 0) is 30.3 Å². The maximum Gasteiger partial charge on any atom is 0.264 e. The van der Waals surface area contributed by atoms with Crippen LogP contribution in [0.5, 0.6) is 0 Å². The molecule has 150 valence electrons. The van der Waals surface area contributed by atoms with E-state index in [0.717, 1.165) is 11.3 Å². The molecule has 30 heavy (non-hydrogen) atoms. The van der Waals surface area contributed by atoms with Crippen LogP contribution in [0.3, 0.4) is 0 Å². The van der Waals surface area contributed by atoms with Crippen LogP contribution in [0.25, 0.3) is 23.0 Å². The average Bonchev–Trinajstić information content (AvgIpc) is 3.22. The van der Waals surface area contributed by atoms with E-state index in [1.54, 1.807) is 27.8 Å². The van der Waals surface area contributed by atoms with Gasteiger partial charge in [0.2, 0.25) is 0 Å². The van der Waals surface area contributed by atoms with Crippen LogP contribution in [0, 0.1) is 11.3 Å². The second-order valence-electron chi connectivity index (χ2n) is 6.79. The van der Waals surface area contributed by atoms with Crippen molar-refractivity contribution in [3.63, 3.8) is 0 Å². The highest BCUT2D eigenvalue weighted by Crippen LogP contribution is 2.27. The van der Waals surface area contributed by atoms with Crippen molar-refractivity contribution in [1.82, 2.24) is 14.7 Å². The number of rotatable bonds is 4. The molecule has 1 fully saturated rings. The van der Waals surface area contributed by atoms with Gasteiger partial charge in [-0.1, -0.05) is 41.9 Å². The zero-order chi connectivity index (χ0) is 20.9. The fourth-order valence-electron chi connectivity index (χ4n) is 3.27. The molecule has 1 aromatic heterocycles. The summed E-state index contributed by atoms with van der Waals surface area (Å²) in [4.78, 5) is 14.5. The van der Waals surface area contributed by atoms with Gasteiger partial charge in [0.25, 0.3) is 5.91 Å². The van der Waals surface area contributed by atoms with Gasteiger partial charge in [0.05, 0.1) is 24.6 Å². The Morgan fingerprint density at radius 3 is 2.47 bits per heavy atom. The van der Waals surface area contributed by atoms with Crippen molar-refractivity contribution >= 4 is 23.6 Å². The number of nitriles is 1. The summed E-state index contributed by atoms with van der Waals surface area (Å²) in [5.41, 5.74) is 3.14. The summed E-state index contributed by atoms with van der Waals surface area (Å²) in [6.45, 7) is 1.91. The first-order valence-electron chi connectivity index (χ1n) is 9.55. The minimum Gasteiger partial charge on any atom is -0.378 e. The molecule has 0 radical (unpaired) electrons. The van der Waals surface area contributed by atoms with Crippen molar-refractivity contribution in [2.45, 2.75) is 0 Å². The van der Waals surface area contributed by atoms with Gasteiger partial charge in [-0.3, -0.25) is 4.79 Å². The summed E-state index contributed by atoms with van der Waals surface area (Å²) in [5.74, 6) is -0.296. The highest BCUT2D eigenvalue weighted by atomic mass is 35.5. The minimum atomic E-state index is -0.296. The monoisotopic (exact) mass is 418 g/mol. The van der Waals surface area contributed by atoms with Crippen molar-refractivity contribution in [2.75, 3.05) is 26.3 Å². The van der Waals surface area contributed by atoms with Crippen molar-refractivity contribution in [2.24, 2.45) is 0 Å². The van der Waals surface area contributed by atoms with Crippen LogP contribution in [-0.4, -0.2) is 46.9 Å². The number of carbonyl (C=O) groups excluding carboxylic acids is 1. The predicted molar refractivity (Wildman–Crippen MR) is 115 cm³/mol. The van der Waals surface area contributed by atoms with E-state index in [4.69, 9.17) is 21.4 Å². The first kappa shape index (κ1) is 19.9. The number of aromatic nitrogens is 2. The van der Waals surface area contributed by atoms with Crippen LogP contribution >= 0.6 is 11.6 Å². The summed E-state index contributed by atoms with van der Waals surface area (Å²) >= 11 is 6.03. The lowest BCUT2D eigenvalue weighted by Gasteiger charge is -2.26. The molecule has 4 rings (SSSR count). The average molecular weight is 419 g/mol. The number of para-hydroxylation sites is 1. The standard InChI is InChI=1S/C23H19ClN4O2/c24-20-8-6-17(7-9-20)22-19(16-28(26-22)21-4-2-1-3-5-21)14-18(15-25)23(29)27-10-12-30-13-11-27/h1-9,14,16H,10-13H2/b18-14+. The molecule has 6 nitrogen and oxygen atoms in total. The Bertz CT molecular complexity index is 1110. The maximum atomic E-state index is 12.8. The van der Waals surface area contributed by atoms with Gasteiger partial charge in [-0.2, -0.15) is 10.4 Å². The van der Waals surface area contributed by atoms with Crippen LogP contribution in [0.4, 0.5) is 0 Å². The fourth-order valence-corrected chi connectivity index (χ4v) is 3.40. The molecule has 3 aromatic rings. The molecule has 0 saturated carbocycles. The molecule has 0 spiro atoms. The van der Waals surface area contributed by atoms with E-state index in [1.165, 1.54) is 0 Å². The number of carbonyl (C=O) groups is 1. The summed E-state index contributed by atoms with van der Waals surface area (Å²) in [5, 5.41) is 15.0. The van der Waals surface area contributed by atoms with Crippen molar-refractivity contribution in [3.05, 3.63) is 77.0 Å². The summed E-state index contributed by atoms with van der Waals surface area (Å²) in [7, 11) is 0. The van der Waals surface area contributed by atoms with Crippen LogP contribution in [0.15, 0.2) is 66.4 Å². The summed E-state index contributed by atoms with van der Waals surface area (Å²) in [6.07, 6.45) is 3.43. The molecular weight excluding hydrogens is 400 g/mol. The lowest BCUT2D eigenvalue weighted by Crippen LogP contribution is -2.41. The topological polar surface area (TPSA) is 71.2 Å². The van der Waals surface area contributed by atoms with Crippen LogP contribution in [-0.2, 0) is 9.53 Å². The lowest BCUT2D eigenvalue weighted by atomic mass is 10.1. The van der Waals surface area contributed by atoms with E-state index < -0.39 is 0 Å². The van der Waals surface area contributed by atoms with Gasteiger partial charge in [-0.15, -0.1) is 0 Å². The first-order valence-corrected chi connectivity index (χ1v) is 9.93.